The van der Waals surface area contributed by atoms with E-state index < -0.39 is 0 Å². The van der Waals surface area contributed by atoms with Crippen molar-refractivity contribution in [2.45, 2.75) is 19.4 Å². The van der Waals surface area contributed by atoms with E-state index in [0.29, 0.717) is 17.3 Å². The van der Waals surface area contributed by atoms with Gasteiger partial charge >= 0.3 is 0 Å². The predicted octanol–water partition coefficient (Wildman–Crippen LogP) is 1.73. The van der Waals surface area contributed by atoms with Crippen LogP contribution in [0.25, 0.3) is 11.0 Å². The lowest BCUT2D eigenvalue weighted by atomic mass is 10.2. The first-order valence-electron chi connectivity index (χ1n) is 8.32. The quantitative estimate of drug-likeness (QED) is 0.862. The molecule has 0 unspecified atom stereocenters. The largest absolute Gasteiger partial charge is 0.340 e. The highest BCUT2D eigenvalue weighted by Crippen LogP contribution is 2.31. The van der Waals surface area contributed by atoms with Crippen molar-refractivity contribution in [2.24, 2.45) is 5.92 Å². The van der Waals surface area contributed by atoms with E-state index in [2.05, 4.69) is 14.5 Å². The number of piperazine rings is 1. The number of benzene rings is 1. The number of hydrogen-bond acceptors (Lipinski definition) is 3. The van der Waals surface area contributed by atoms with E-state index in [1.165, 1.54) is 12.1 Å². The first-order chi connectivity index (χ1) is 11.2. The zero-order valence-corrected chi connectivity index (χ0v) is 13.1. The smallest absolute Gasteiger partial charge is 0.225 e. The lowest BCUT2D eigenvalue weighted by Gasteiger charge is -2.34. The molecule has 2 aliphatic rings. The highest BCUT2D eigenvalue weighted by atomic mass is 19.1. The molecule has 1 aliphatic heterocycles. The standard InChI is InChI=1S/C17H21FN4O/c18-14-3-4-16-15(11-14)19-12-22(16)10-7-20-5-8-21(9-6-20)17(23)13-1-2-13/h3-4,11-13H,1-2,5-10H2. The van der Waals surface area contributed by atoms with Crippen LogP contribution in [0.3, 0.4) is 0 Å². The summed E-state index contributed by atoms with van der Waals surface area (Å²) in [6.45, 7) is 5.29. The molecule has 1 aliphatic carbocycles. The van der Waals surface area contributed by atoms with Crippen molar-refractivity contribution in [1.82, 2.24) is 19.4 Å². The molecule has 23 heavy (non-hydrogen) atoms. The number of imidazole rings is 1. The molecule has 0 bridgehead atoms. The van der Waals surface area contributed by atoms with Crippen molar-refractivity contribution in [2.75, 3.05) is 32.7 Å². The van der Waals surface area contributed by atoms with Crippen LogP contribution in [0.2, 0.25) is 0 Å². The summed E-state index contributed by atoms with van der Waals surface area (Å²) in [5.74, 6) is 0.422. The number of nitrogens with zero attached hydrogens (tertiary/aromatic N) is 4. The minimum Gasteiger partial charge on any atom is -0.340 e. The molecule has 0 atom stereocenters. The van der Waals surface area contributed by atoms with Gasteiger partial charge in [0.1, 0.15) is 5.82 Å². The van der Waals surface area contributed by atoms with Gasteiger partial charge in [0.25, 0.3) is 0 Å². The third-order valence-electron chi connectivity index (χ3n) is 4.85. The van der Waals surface area contributed by atoms with E-state index in [0.717, 1.165) is 57.6 Å². The van der Waals surface area contributed by atoms with Crippen LogP contribution in [-0.4, -0.2) is 58.0 Å². The zero-order chi connectivity index (χ0) is 15.8. The molecule has 1 aromatic carbocycles. The molecular formula is C17H21FN4O. The van der Waals surface area contributed by atoms with E-state index in [4.69, 9.17) is 0 Å². The molecule has 4 rings (SSSR count). The normalized spacial score (nSPS) is 19.4. The second kappa shape index (κ2) is 5.92. The van der Waals surface area contributed by atoms with E-state index >= 15 is 0 Å². The maximum Gasteiger partial charge on any atom is 0.225 e. The Kier molecular flexibility index (Phi) is 3.77. The molecule has 1 saturated heterocycles. The molecule has 1 saturated carbocycles. The number of hydrogen-bond donors (Lipinski definition) is 0. The maximum atomic E-state index is 13.2. The van der Waals surface area contributed by atoms with Gasteiger partial charge in [0.05, 0.1) is 17.4 Å². The van der Waals surface area contributed by atoms with E-state index in [9.17, 15) is 9.18 Å². The monoisotopic (exact) mass is 316 g/mol. The molecule has 0 radical (unpaired) electrons. The summed E-state index contributed by atoms with van der Waals surface area (Å²) in [6.07, 6.45) is 3.93. The van der Waals surface area contributed by atoms with Gasteiger partial charge in [-0.25, -0.2) is 9.37 Å². The molecular weight excluding hydrogens is 295 g/mol. The van der Waals surface area contributed by atoms with Crippen molar-refractivity contribution in [3.05, 3.63) is 30.3 Å². The summed E-state index contributed by atoms with van der Waals surface area (Å²) in [5, 5.41) is 0. The van der Waals surface area contributed by atoms with Crippen LogP contribution in [0.1, 0.15) is 12.8 Å². The molecule has 122 valence electrons. The third kappa shape index (κ3) is 3.08. The van der Waals surface area contributed by atoms with Gasteiger partial charge in [-0.3, -0.25) is 9.69 Å². The van der Waals surface area contributed by atoms with Gasteiger partial charge in [0, 0.05) is 51.3 Å². The minimum absolute atomic E-state index is 0.251. The Morgan fingerprint density at radius 1 is 1.17 bits per heavy atom. The average molecular weight is 316 g/mol. The van der Waals surface area contributed by atoms with Crippen LogP contribution in [0.5, 0.6) is 0 Å². The number of amides is 1. The number of carbonyl (C=O) groups excluding carboxylic acids is 1. The summed E-state index contributed by atoms with van der Waals surface area (Å²) < 4.78 is 15.3. The number of halogens is 1. The molecule has 2 fully saturated rings. The Morgan fingerprint density at radius 2 is 1.96 bits per heavy atom. The van der Waals surface area contributed by atoms with Gasteiger partial charge in [-0.2, -0.15) is 0 Å². The molecule has 2 aromatic rings. The van der Waals surface area contributed by atoms with Crippen LogP contribution in [0, 0.1) is 11.7 Å². The fourth-order valence-electron chi connectivity index (χ4n) is 3.24. The first kappa shape index (κ1) is 14.6. The lowest BCUT2D eigenvalue weighted by Crippen LogP contribution is -2.49. The highest BCUT2D eigenvalue weighted by Gasteiger charge is 2.34. The minimum atomic E-state index is -0.251. The number of rotatable bonds is 4. The molecule has 0 spiro atoms. The number of carbonyl (C=O) groups is 1. The van der Waals surface area contributed by atoms with Crippen LogP contribution in [0.4, 0.5) is 4.39 Å². The SMILES string of the molecule is O=C(C1CC1)N1CCN(CCn2cnc3cc(F)ccc32)CC1. The van der Waals surface area contributed by atoms with Crippen LogP contribution >= 0.6 is 0 Å². The molecule has 1 aromatic heterocycles. The van der Waals surface area contributed by atoms with Crippen molar-refractivity contribution < 1.29 is 9.18 Å². The second-order valence-corrected chi connectivity index (χ2v) is 6.51. The molecule has 0 N–H and O–H groups in total. The van der Waals surface area contributed by atoms with Gasteiger partial charge in [-0.15, -0.1) is 0 Å². The van der Waals surface area contributed by atoms with Gasteiger partial charge in [0.15, 0.2) is 0 Å². The summed E-state index contributed by atoms with van der Waals surface area (Å²) in [5.41, 5.74) is 1.67. The predicted molar refractivity (Wildman–Crippen MR) is 85.4 cm³/mol. The Balaban J connectivity index is 1.32. The lowest BCUT2D eigenvalue weighted by molar-refractivity contribution is -0.134. The van der Waals surface area contributed by atoms with Gasteiger partial charge in [-0.1, -0.05) is 0 Å². The van der Waals surface area contributed by atoms with E-state index in [-0.39, 0.29) is 5.82 Å². The topological polar surface area (TPSA) is 41.4 Å². The molecule has 2 heterocycles. The second-order valence-electron chi connectivity index (χ2n) is 6.51. The van der Waals surface area contributed by atoms with Crippen molar-refractivity contribution in [1.29, 1.82) is 0 Å². The van der Waals surface area contributed by atoms with E-state index in [1.807, 2.05) is 4.90 Å². The first-order valence-corrected chi connectivity index (χ1v) is 8.32. The van der Waals surface area contributed by atoms with Crippen LogP contribution in [-0.2, 0) is 11.3 Å². The zero-order valence-electron chi connectivity index (χ0n) is 13.1. The summed E-state index contributed by atoms with van der Waals surface area (Å²) >= 11 is 0. The van der Waals surface area contributed by atoms with Gasteiger partial charge in [0.2, 0.25) is 5.91 Å². The van der Waals surface area contributed by atoms with Crippen molar-refractivity contribution in [3.8, 4) is 0 Å². The Morgan fingerprint density at radius 3 is 2.70 bits per heavy atom. The van der Waals surface area contributed by atoms with Crippen molar-refractivity contribution >= 4 is 16.9 Å². The number of fused-ring (bicyclic) bond motifs is 1. The average Bonchev–Trinajstić information content (AvgIpc) is 3.34. The molecule has 6 heteroatoms. The van der Waals surface area contributed by atoms with Gasteiger partial charge < -0.3 is 9.47 Å². The summed E-state index contributed by atoms with van der Waals surface area (Å²) in [4.78, 5) is 20.7. The Bertz CT molecular complexity index is 716. The summed E-state index contributed by atoms with van der Waals surface area (Å²) in [6, 6.07) is 4.72. The molecule has 5 nitrogen and oxygen atoms in total. The number of aromatic nitrogens is 2. The fraction of sp³-hybridized carbons (Fsp3) is 0.529. The third-order valence-corrected chi connectivity index (χ3v) is 4.85. The Hall–Kier alpha value is -1.95. The summed E-state index contributed by atoms with van der Waals surface area (Å²) in [7, 11) is 0. The van der Waals surface area contributed by atoms with Crippen LogP contribution in [0.15, 0.2) is 24.5 Å². The van der Waals surface area contributed by atoms with E-state index in [1.54, 1.807) is 12.4 Å². The van der Waals surface area contributed by atoms with Crippen LogP contribution < -0.4 is 0 Å². The highest BCUT2D eigenvalue weighted by molar-refractivity contribution is 5.81. The van der Waals surface area contributed by atoms with Gasteiger partial charge in [-0.05, 0) is 25.0 Å². The Labute approximate surface area is 134 Å². The fourth-order valence-corrected chi connectivity index (χ4v) is 3.24. The maximum absolute atomic E-state index is 13.2. The molecule has 1 amide bonds. The van der Waals surface area contributed by atoms with Crippen molar-refractivity contribution in [3.63, 3.8) is 0 Å².